The number of nitrogens with two attached hydrogens (primary N) is 1. The minimum absolute atomic E-state index is 0.254. The molecule has 0 saturated carbocycles. The SMILES string of the molecule is CCC(O)CSc1nnc(CN)o1. The second-order valence-corrected chi connectivity index (χ2v) is 3.51. The Hall–Kier alpha value is -0.590. The summed E-state index contributed by atoms with van der Waals surface area (Å²) in [7, 11) is 0. The van der Waals surface area contributed by atoms with Crippen molar-refractivity contribution in [1.29, 1.82) is 0 Å². The van der Waals surface area contributed by atoms with Crippen LogP contribution in [0.5, 0.6) is 0 Å². The Balaban J connectivity index is 2.36. The van der Waals surface area contributed by atoms with Crippen LogP contribution in [0.2, 0.25) is 0 Å². The first-order valence-corrected chi connectivity index (χ1v) is 5.08. The predicted molar refractivity (Wildman–Crippen MR) is 49.2 cm³/mol. The highest BCUT2D eigenvalue weighted by Gasteiger charge is 2.07. The van der Waals surface area contributed by atoms with E-state index in [4.69, 9.17) is 10.2 Å². The van der Waals surface area contributed by atoms with E-state index in [2.05, 4.69) is 10.2 Å². The second-order valence-electron chi connectivity index (χ2n) is 2.54. The Morgan fingerprint density at radius 3 is 2.92 bits per heavy atom. The quantitative estimate of drug-likeness (QED) is 0.673. The van der Waals surface area contributed by atoms with Gasteiger partial charge in [-0.15, -0.1) is 10.2 Å². The van der Waals surface area contributed by atoms with Crippen LogP contribution in [0.4, 0.5) is 0 Å². The normalized spacial score (nSPS) is 13.2. The fraction of sp³-hybridized carbons (Fsp3) is 0.714. The summed E-state index contributed by atoms with van der Waals surface area (Å²) in [5, 5.41) is 17.2. The largest absolute Gasteiger partial charge is 0.415 e. The van der Waals surface area contributed by atoms with Crippen LogP contribution in [0.3, 0.4) is 0 Å². The molecule has 0 fully saturated rings. The number of aromatic nitrogens is 2. The molecule has 0 aliphatic carbocycles. The van der Waals surface area contributed by atoms with Crippen molar-refractivity contribution in [3.05, 3.63) is 5.89 Å². The summed E-state index contributed by atoms with van der Waals surface area (Å²) in [6.07, 6.45) is 0.406. The van der Waals surface area contributed by atoms with E-state index in [-0.39, 0.29) is 12.6 Å². The van der Waals surface area contributed by atoms with E-state index < -0.39 is 0 Å². The van der Waals surface area contributed by atoms with Crippen LogP contribution < -0.4 is 5.73 Å². The molecule has 0 aliphatic heterocycles. The molecule has 1 atom stereocenters. The van der Waals surface area contributed by atoms with Crippen LogP contribution in [0.25, 0.3) is 0 Å². The van der Waals surface area contributed by atoms with Crippen molar-refractivity contribution in [2.75, 3.05) is 5.75 Å². The van der Waals surface area contributed by atoms with Crippen LogP contribution >= 0.6 is 11.8 Å². The molecule has 0 aliphatic rings. The van der Waals surface area contributed by atoms with Gasteiger partial charge in [0.05, 0.1) is 12.6 Å². The Morgan fingerprint density at radius 2 is 2.38 bits per heavy atom. The molecule has 1 heterocycles. The second kappa shape index (κ2) is 5.21. The topological polar surface area (TPSA) is 85.2 Å². The number of rotatable bonds is 5. The van der Waals surface area contributed by atoms with Gasteiger partial charge in [0.2, 0.25) is 5.89 Å². The number of aliphatic hydroxyl groups is 1. The highest BCUT2D eigenvalue weighted by molar-refractivity contribution is 7.99. The monoisotopic (exact) mass is 203 g/mol. The lowest BCUT2D eigenvalue weighted by molar-refractivity contribution is 0.195. The van der Waals surface area contributed by atoms with E-state index in [1.165, 1.54) is 11.8 Å². The predicted octanol–water partition coefficient (Wildman–Crippen LogP) is 0.391. The standard InChI is InChI=1S/C7H13N3O2S/c1-2-5(11)4-13-7-10-9-6(3-8)12-7/h5,11H,2-4,8H2,1H3. The van der Waals surface area contributed by atoms with Gasteiger partial charge in [-0.3, -0.25) is 0 Å². The molecule has 0 radical (unpaired) electrons. The molecule has 0 aromatic carbocycles. The van der Waals surface area contributed by atoms with Crippen LogP contribution in [-0.4, -0.2) is 27.2 Å². The number of hydrogen-bond acceptors (Lipinski definition) is 6. The first-order chi connectivity index (χ1) is 6.26. The molecule has 0 spiro atoms. The van der Waals surface area contributed by atoms with E-state index in [1.807, 2.05) is 6.92 Å². The van der Waals surface area contributed by atoms with Crippen molar-refractivity contribution in [1.82, 2.24) is 10.2 Å². The summed E-state index contributed by atoms with van der Waals surface area (Å²) < 4.78 is 5.13. The molecule has 0 bridgehead atoms. The van der Waals surface area contributed by atoms with Crippen molar-refractivity contribution in [2.24, 2.45) is 5.73 Å². The van der Waals surface area contributed by atoms with E-state index in [9.17, 15) is 5.11 Å². The lowest BCUT2D eigenvalue weighted by atomic mass is 10.3. The van der Waals surface area contributed by atoms with Crippen LogP contribution in [0.15, 0.2) is 9.64 Å². The third-order valence-corrected chi connectivity index (χ3v) is 2.46. The molecule has 0 saturated heterocycles. The highest BCUT2D eigenvalue weighted by Crippen LogP contribution is 2.17. The lowest BCUT2D eigenvalue weighted by Gasteiger charge is -2.02. The van der Waals surface area contributed by atoms with E-state index in [0.717, 1.165) is 6.42 Å². The summed E-state index contributed by atoms with van der Waals surface area (Å²) in [6, 6.07) is 0. The van der Waals surface area contributed by atoms with Gasteiger partial charge < -0.3 is 15.3 Å². The third-order valence-electron chi connectivity index (χ3n) is 1.49. The Labute approximate surface area is 80.7 Å². The minimum atomic E-state index is -0.321. The number of hydrogen-bond donors (Lipinski definition) is 2. The molecule has 13 heavy (non-hydrogen) atoms. The fourth-order valence-corrected chi connectivity index (χ4v) is 1.49. The van der Waals surface area contributed by atoms with Crippen molar-refractivity contribution in [3.63, 3.8) is 0 Å². The molecule has 74 valence electrons. The van der Waals surface area contributed by atoms with Gasteiger partial charge in [-0.05, 0) is 6.42 Å². The number of nitrogens with zero attached hydrogens (tertiary/aromatic N) is 2. The van der Waals surface area contributed by atoms with Gasteiger partial charge in [0.1, 0.15) is 0 Å². The van der Waals surface area contributed by atoms with Gasteiger partial charge in [-0.2, -0.15) is 0 Å². The first-order valence-electron chi connectivity index (χ1n) is 4.09. The van der Waals surface area contributed by atoms with Crippen molar-refractivity contribution in [2.45, 2.75) is 31.2 Å². The van der Waals surface area contributed by atoms with E-state index >= 15 is 0 Å². The summed E-state index contributed by atoms with van der Waals surface area (Å²) >= 11 is 1.34. The maximum absolute atomic E-state index is 9.25. The summed E-state index contributed by atoms with van der Waals surface area (Å²) in [5.41, 5.74) is 5.29. The number of thioether (sulfide) groups is 1. The highest BCUT2D eigenvalue weighted by atomic mass is 32.2. The minimum Gasteiger partial charge on any atom is -0.415 e. The van der Waals surface area contributed by atoms with Crippen molar-refractivity contribution >= 4 is 11.8 Å². The maximum Gasteiger partial charge on any atom is 0.276 e. The zero-order valence-corrected chi connectivity index (χ0v) is 8.25. The average Bonchev–Trinajstić information content (AvgIpc) is 2.61. The number of aliphatic hydroxyl groups excluding tert-OH is 1. The molecule has 3 N–H and O–H groups in total. The molecule has 1 unspecified atom stereocenters. The van der Waals surface area contributed by atoms with Crippen LogP contribution in [0, 0.1) is 0 Å². The fourth-order valence-electron chi connectivity index (χ4n) is 0.664. The summed E-state index contributed by atoms with van der Waals surface area (Å²) in [5.74, 6) is 0.997. The van der Waals surface area contributed by atoms with Gasteiger partial charge in [0.15, 0.2) is 0 Å². The Bertz CT molecular complexity index is 254. The zero-order valence-electron chi connectivity index (χ0n) is 7.43. The molecule has 1 aromatic heterocycles. The van der Waals surface area contributed by atoms with Gasteiger partial charge in [-0.25, -0.2) is 0 Å². The molecule has 6 heteroatoms. The summed E-state index contributed by atoms with van der Waals surface area (Å²) in [6.45, 7) is 2.17. The zero-order chi connectivity index (χ0) is 9.68. The Kier molecular flexibility index (Phi) is 4.20. The van der Waals surface area contributed by atoms with Gasteiger partial charge in [0.25, 0.3) is 5.22 Å². The molecular formula is C7H13N3O2S. The molecule has 0 amide bonds. The molecule has 1 rings (SSSR count). The van der Waals surface area contributed by atoms with Crippen LogP contribution in [-0.2, 0) is 6.54 Å². The van der Waals surface area contributed by atoms with Gasteiger partial charge >= 0.3 is 0 Å². The van der Waals surface area contributed by atoms with Gasteiger partial charge in [-0.1, -0.05) is 18.7 Å². The summed E-state index contributed by atoms with van der Waals surface area (Å²) in [4.78, 5) is 0. The average molecular weight is 203 g/mol. The molecule has 5 nitrogen and oxygen atoms in total. The van der Waals surface area contributed by atoms with E-state index in [1.54, 1.807) is 0 Å². The third kappa shape index (κ3) is 3.33. The molecular weight excluding hydrogens is 190 g/mol. The lowest BCUT2D eigenvalue weighted by Crippen LogP contribution is -2.07. The van der Waals surface area contributed by atoms with Crippen LogP contribution in [0.1, 0.15) is 19.2 Å². The van der Waals surface area contributed by atoms with Crippen molar-refractivity contribution < 1.29 is 9.52 Å². The Morgan fingerprint density at radius 1 is 1.62 bits per heavy atom. The molecule has 1 aromatic rings. The van der Waals surface area contributed by atoms with E-state index in [0.29, 0.717) is 16.9 Å². The first kappa shape index (κ1) is 10.5. The van der Waals surface area contributed by atoms with Crippen molar-refractivity contribution in [3.8, 4) is 0 Å². The maximum atomic E-state index is 9.25. The van der Waals surface area contributed by atoms with Gasteiger partial charge in [0, 0.05) is 5.75 Å². The smallest absolute Gasteiger partial charge is 0.276 e.